The summed E-state index contributed by atoms with van der Waals surface area (Å²) in [5.74, 6) is 1.67. The molecular weight excluding hydrogens is 398 g/mol. The van der Waals surface area contributed by atoms with E-state index >= 15 is 0 Å². The van der Waals surface area contributed by atoms with Crippen LogP contribution in [0.15, 0.2) is 72.8 Å². The fourth-order valence-electron chi connectivity index (χ4n) is 4.29. The van der Waals surface area contributed by atoms with Gasteiger partial charge in [-0.1, -0.05) is 48.5 Å². The molecule has 0 N–H and O–H groups in total. The maximum absolute atomic E-state index is 13.4. The van der Waals surface area contributed by atoms with Crippen molar-refractivity contribution < 1.29 is 9.53 Å². The van der Waals surface area contributed by atoms with Crippen molar-refractivity contribution in [2.45, 2.75) is 19.4 Å². The Balaban J connectivity index is 1.47. The van der Waals surface area contributed by atoms with E-state index in [-0.39, 0.29) is 12.5 Å². The van der Waals surface area contributed by atoms with Gasteiger partial charge in [-0.2, -0.15) is 0 Å². The maximum Gasteiger partial charge on any atom is 0.247 e. The number of anilines is 1. The topological polar surface area (TPSA) is 47.4 Å². The molecule has 0 bridgehead atoms. The molecule has 0 saturated carbocycles. The summed E-state index contributed by atoms with van der Waals surface area (Å²) in [4.78, 5) is 20.1. The lowest BCUT2D eigenvalue weighted by Gasteiger charge is -2.29. The molecule has 32 heavy (non-hydrogen) atoms. The largest absolute Gasteiger partial charge is 0.497 e. The molecule has 1 aromatic heterocycles. The van der Waals surface area contributed by atoms with Crippen molar-refractivity contribution in [3.05, 3.63) is 89.7 Å². The Bertz CT molecular complexity index is 1290. The zero-order valence-electron chi connectivity index (χ0n) is 18.1. The van der Waals surface area contributed by atoms with Gasteiger partial charge in [0.15, 0.2) is 0 Å². The van der Waals surface area contributed by atoms with Crippen molar-refractivity contribution in [2.24, 2.45) is 0 Å². The molecule has 0 fully saturated rings. The maximum atomic E-state index is 13.4. The van der Waals surface area contributed by atoms with Gasteiger partial charge in [-0.05, 0) is 60.4 Å². The molecule has 0 unspecified atom stereocenters. The van der Waals surface area contributed by atoms with Gasteiger partial charge in [-0.15, -0.1) is 0 Å². The van der Waals surface area contributed by atoms with E-state index in [4.69, 9.17) is 9.72 Å². The molecule has 1 aliphatic heterocycles. The van der Waals surface area contributed by atoms with Gasteiger partial charge in [0.1, 0.15) is 18.1 Å². The van der Waals surface area contributed by atoms with E-state index in [1.807, 2.05) is 88.3 Å². The van der Waals surface area contributed by atoms with Crippen LogP contribution in [0.1, 0.15) is 23.4 Å². The fraction of sp³-hybridized carbons (Fsp3) is 0.185. The number of methoxy groups -OCH3 is 1. The molecule has 2 heterocycles. The number of rotatable bonds is 5. The summed E-state index contributed by atoms with van der Waals surface area (Å²) < 4.78 is 7.24. The third kappa shape index (κ3) is 3.89. The number of para-hydroxylation sites is 3. The van der Waals surface area contributed by atoms with Gasteiger partial charge in [-0.3, -0.25) is 4.79 Å². The summed E-state index contributed by atoms with van der Waals surface area (Å²) >= 11 is 0. The molecule has 0 radical (unpaired) electrons. The lowest BCUT2D eigenvalue weighted by atomic mass is 10.0. The Labute approximate surface area is 187 Å². The first-order valence-corrected chi connectivity index (χ1v) is 10.9. The molecule has 5 rings (SSSR count). The molecule has 4 aromatic rings. The number of carbonyl (C=O) groups excluding carboxylic acids is 1. The van der Waals surface area contributed by atoms with Gasteiger partial charge in [0.05, 0.1) is 18.1 Å². The standard InChI is InChI=1S/C27H25N3O2/c1-32-22-15-12-20(13-16-22)14-17-26-28-23-9-3-5-11-25(23)30(26)19-27(31)29-18-6-8-21-7-2-4-10-24(21)29/h2-5,7,9-17H,6,8,18-19H2,1H3/b17-14+. The number of nitrogens with zero attached hydrogens (tertiary/aromatic N) is 3. The second-order valence-electron chi connectivity index (χ2n) is 7.93. The molecule has 0 spiro atoms. The zero-order chi connectivity index (χ0) is 21.9. The summed E-state index contributed by atoms with van der Waals surface area (Å²) in [6.07, 6.45) is 5.98. The van der Waals surface area contributed by atoms with Crippen LogP contribution in [0.3, 0.4) is 0 Å². The average molecular weight is 424 g/mol. The third-order valence-electron chi connectivity index (χ3n) is 5.93. The summed E-state index contributed by atoms with van der Waals surface area (Å²) in [7, 11) is 1.66. The number of hydrogen-bond donors (Lipinski definition) is 0. The number of imidazole rings is 1. The predicted octanol–water partition coefficient (Wildman–Crippen LogP) is 5.19. The lowest BCUT2D eigenvalue weighted by Crippen LogP contribution is -2.37. The molecule has 5 nitrogen and oxygen atoms in total. The smallest absolute Gasteiger partial charge is 0.247 e. The van der Waals surface area contributed by atoms with Crippen LogP contribution in [0.5, 0.6) is 5.75 Å². The van der Waals surface area contributed by atoms with E-state index in [0.717, 1.165) is 53.2 Å². The van der Waals surface area contributed by atoms with Crippen LogP contribution in [0, 0.1) is 0 Å². The Kier molecular flexibility index (Phi) is 5.46. The molecule has 0 atom stereocenters. The number of aryl methyl sites for hydroxylation is 1. The fourth-order valence-corrected chi connectivity index (χ4v) is 4.29. The first-order chi connectivity index (χ1) is 15.7. The van der Waals surface area contributed by atoms with E-state index in [9.17, 15) is 4.79 Å². The summed E-state index contributed by atoms with van der Waals surface area (Å²) in [5, 5.41) is 0. The molecule has 1 amide bonds. The minimum absolute atomic E-state index is 0.0828. The second kappa shape index (κ2) is 8.71. The molecule has 0 aliphatic carbocycles. The molecule has 0 saturated heterocycles. The van der Waals surface area contributed by atoms with Crippen LogP contribution < -0.4 is 9.64 Å². The first-order valence-electron chi connectivity index (χ1n) is 10.9. The van der Waals surface area contributed by atoms with Crippen LogP contribution in [0.2, 0.25) is 0 Å². The van der Waals surface area contributed by atoms with Crippen LogP contribution in [0.4, 0.5) is 5.69 Å². The van der Waals surface area contributed by atoms with Crippen LogP contribution in [0.25, 0.3) is 23.2 Å². The highest BCUT2D eigenvalue weighted by Gasteiger charge is 2.23. The molecule has 3 aromatic carbocycles. The highest BCUT2D eigenvalue weighted by Crippen LogP contribution is 2.27. The zero-order valence-corrected chi connectivity index (χ0v) is 18.1. The van der Waals surface area contributed by atoms with Gasteiger partial charge in [-0.25, -0.2) is 4.98 Å². The highest BCUT2D eigenvalue weighted by atomic mass is 16.5. The predicted molar refractivity (Wildman–Crippen MR) is 129 cm³/mol. The van der Waals surface area contributed by atoms with Crippen molar-refractivity contribution in [1.29, 1.82) is 0 Å². The molecule has 1 aliphatic rings. The monoisotopic (exact) mass is 423 g/mol. The van der Waals surface area contributed by atoms with Crippen molar-refractivity contribution >= 4 is 34.8 Å². The van der Waals surface area contributed by atoms with E-state index < -0.39 is 0 Å². The first kappa shape index (κ1) is 20.1. The van der Waals surface area contributed by atoms with Gasteiger partial charge in [0, 0.05) is 12.2 Å². The highest BCUT2D eigenvalue weighted by molar-refractivity contribution is 5.95. The van der Waals surface area contributed by atoms with Gasteiger partial charge in [0.2, 0.25) is 5.91 Å². The number of ether oxygens (including phenoxy) is 1. The third-order valence-corrected chi connectivity index (χ3v) is 5.93. The Morgan fingerprint density at radius 3 is 2.62 bits per heavy atom. The van der Waals surface area contributed by atoms with E-state index in [0.29, 0.717) is 0 Å². The van der Waals surface area contributed by atoms with E-state index in [2.05, 4.69) is 6.07 Å². The summed E-state index contributed by atoms with van der Waals surface area (Å²) in [6, 6.07) is 24.0. The number of amides is 1. The number of benzene rings is 3. The van der Waals surface area contributed by atoms with E-state index in [1.165, 1.54) is 5.56 Å². The quantitative estimate of drug-likeness (QED) is 0.444. The minimum atomic E-state index is 0.0828. The van der Waals surface area contributed by atoms with Crippen molar-refractivity contribution in [3.8, 4) is 5.75 Å². The van der Waals surface area contributed by atoms with E-state index in [1.54, 1.807) is 7.11 Å². The molecule has 160 valence electrons. The second-order valence-corrected chi connectivity index (χ2v) is 7.93. The normalized spacial score (nSPS) is 13.5. The SMILES string of the molecule is COc1ccc(/C=C/c2nc3ccccc3n2CC(=O)N2CCCc3ccccc32)cc1. The van der Waals surface area contributed by atoms with Gasteiger partial charge < -0.3 is 14.2 Å². The minimum Gasteiger partial charge on any atom is -0.497 e. The van der Waals surface area contributed by atoms with Crippen LogP contribution in [-0.4, -0.2) is 29.1 Å². The van der Waals surface area contributed by atoms with Crippen molar-refractivity contribution in [1.82, 2.24) is 9.55 Å². The van der Waals surface area contributed by atoms with Gasteiger partial charge >= 0.3 is 0 Å². The van der Waals surface area contributed by atoms with Crippen molar-refractivity contribution in [2.75, 3.05) is 18.6 Å². The number of aromatic nitrogens is 2. The number of fused-ring (bicyclic) bond motifs is 2. The number of carbonyl (C=O) groups is 1. The Morgan fingerprint density at radius 1 is 1.00 bits per heavy atom. The van der Waals surface area contributed by atoms with Crippen LogP contribution >= 0.6 is 0 Å². The summed E-state index contributed by atoms with van der Waals surface area (Å²) in [5.41, 5.74) is 5.15. The molecular formula is C27H25N3O2. The van der Waals surface area contributed by atoms with Crippen LogP contribution in [-0.2, 0) is 17.8 Å². The average Bonchev–Trinajstić information content (AvgIpc) is 3.20. The number of hydrogen-bond acceptors (Lipinski definition) is 3. The lowest BCUT2D eigenvalue weighted by molar-refractivity contribution is -0.119. The Hall–Kier alpha value is -3.86. The molecule has 5 heteroatoms. The van der Waals surface area contributed by atoms with Crippen molar-refractivity contribution in [3.63, 3.8) is 0 Å². The summed E-state index contributed by atoms with van der Waals surface area (Å²) in [6.45, 7) is 0.997. The van der Waals surface area contributed by atoms with Gasteiger partial charge in [0.25, 0.3) is 0 Å². The Morgan fingerprint density at radius 2 is 1.78 bits per heavy atom.